The van der Waals surface area contributed by atoms with E-state index in [4.69, 9.17) is 0 Å². The summed E-state index contributed by atoms with van der Waals surface area (Å²) in [6.45, 7) is 0. The van der Waals surface area contributed by atoms with Gasteiger partial charge in [-0.15, -0.1) is 0 Å². The number of hydrogen-bond acceptors (Lipinski definition) is 0. The van der Waals surface area contributed by atoms with Gasteiger partial charge in [-0.3, -0.25) is 0 Å². The highest BCUT2D eigenvalue weighted by molar-refractivity contribution is 9.10. The highest BCUT2D eigenvalue weighted by Crippen LogP contribution is 2.55. The van der Waals surface area contributed by atoms with Crippen molar-refractivity contribution in [2.75, 3.05) is 0 Å². The number of aryl methyl sites for hydroxylation is 1. The molecule has 8 heteroatoms. The molecule has 0 amide bonds. The number of rotatable bonds is 1. The average molecular weight is 365 g/mol. The minimum atomic E-state index is -6.07. The van der Waals surface area contributed by atoms with E-state index in [0.29, 0.717) is 24.5 Å². The maximum atomic E-state index is 14.1. The van der Waals surface area contributed by atoms with E-state index in [0.717, 1.165) is 0 Å². The van der Waals surface area contributed by atoms with Crippen molar-refractivity contribution < 1.29 is 30.7 Å². The van der Waals surface area contributed by atoms with Crippen molar-refractivity contribution in [2.24, 2.45) is 0 Å². The first-order chi connectivity index (χ1) is 8.98. The SMILES string of the molecule is FC(F)(F)C(F)(c1cc(Br)cc2c1CCC2)C(F)(F)F. The van der Waals surface area contributed by atoms with Crippen molar-refractivity contribution in [1.29, 1.82) is 0 Å². The van der Waals surface area contributed by atoms with E-state index in [1.807, 2.05) is 0 Å². The number of benzene rings is 1. The molecular formula is C12H8BrF7. The molecule has 1 aromatic rings. The molecule has 0 atom stereocenters. The standard InChI is InChI=1S/C12H8BrF7/c13-7-4-6-2-1-3-8(6)9(5-7)10(14,11(15,16)17)12(18,19)20/h4-5H,1-3H2. The summed E-state index contributed by atoms with van der Waals surface area (Å²) < 4.78 is 90.8. The van der Waals surface area contributed by atoms with Crippen LogP contribution in [0.1, 0.15) is 23.1 Å². The molecule has 0 aromatic heterocycles. The molecule has 0 unspecified atom stereocenters. The minimum Gasteiger partial charge on any atom is -0.218 e. The molecule has 1 aromatic carbocycles. The summed E-state index contributed by atoms with van der Waals surface area (Å²) in [4.78, 5) is 0. The second-order valence-corrected chi connectivity index (χ2v) is 5.51. The average Bonchev–Trinajstić information content (AvgIpc) is 2.71. The second-order valence-electron chi connectivity index (χ2n) is 4.60. The molecule has 112 valence electrons. The van der Waals surface area contributed by atoms with Gasteiger partial charge in [-0.2, -0.15) is 26.3 Å². The van der Waals surface area contributed by atoms with Gasteiger partial charge < -0.3 is 0 Å². The Labute approximate surface area is 118 Å². The van der Waals surface area contributed by atoms with E-state index in [2.05, 4.69) is 15.9 Å². The van der Waals surface area contributed by atoms with Gasteiger partial charge in [-0.1, -0.05) is 15.9 Å². The Balaban J connectivity index is 2.75. The molecule has 0 N–H and O–H groups in total. The summed E-state index contributed by atoms with van der Waals surface area (Å²) in [6.07, 6.45) is -11.4. The maximum Gasteiger partial charge on any atom is 0.435 e. The number of halogens is 8. The van der Waals surface area contributed by atoms with Gasteiger partial charge in [0.05, 0.1) is 0 Å². The molecule has 0 bridgehead atoms. The molecule has 0 aliphatic heterocycles. The lowest BCUT2D eigenvalue weighted by molar-refractivity contribution is -0.348. The van der Waals surface area contributed by atoms with Gasteiger partial charge in [0, 0.05) is 10.0 Å². The predicted octanol–water partition coefficient (Wildman–Crippen LogP) is 5.23. The lowest BCUT2D eigenvalue weighted by Gasteiger charge is -2.32. The van der Waals surface area contributed by atoms with Gasteiger partial charge in [0.15, 0.2) is 0 Å². The van der Waals surface area contributed by atoms with Crippen LogP contribution in [0.15, 0.2) is 16.6 Å². The van der Waals surface area contributed by atoms with E-state index in [1.54, 1.807) is 0 Å². The molecule has 0 radical (unpaired) electrons. The van der Waals surface area contributed by atoms with Crippen molar-refractivity contribution in [3.8, 4) is 0 Å². The fourth-order valence-corrected chi connectivity index (χ4v) is 2.95. The van der Waals surface area contributed by atoms with Crippen molar-refractivity contribution in [3.05, 3.63) is 33.3 Å². The maximum absolute atomic E-state index is 14.1. The van der Waals surface area contributed by atoms with Gasteiger partial charge in [0.1, 0.15) is 0 Å². The quantitative estimate of drug-likeness (QED) is 0.598. The van der Waals surface area contributed by atoms with Crippen LogP contribution in [0.3, 0.4) is 0 Å². The Hall–Kier alpha value is -0.790. The first kappa shape index (κ1) is 15.6. The predicted molar refractivity (Wildman–Crippen MR) is 61.1 cm³/mol. The van der Waals surface area contributed by atoms with Gasteiger partial charge in [-0.05, 0) is 42.5 Å². The molecular weight excluding hydrogens is 357 g/mol. The Kier molecular flexibility index (Phi) is 3.59. The van der Waals surface area contributed by atoms with Gasteiger partial charge >= 0.3 is 18.0 Å². The molecule has 1 aliphatic rings. The Morgan fingerprint density at radius 3 is 1.90 bits per heavy atom. The summed E-state index contributed by atoms with van der Waals surface area (Å²) in [5, 5.41) is 0. The van der Waals surface area contributed by atoms with E-state index >= 15 is 0 Å². The topological polar surface area (TPSA) is 0 Å². The highest BCUT2D eigenvalue weighted by Gasteiger charge is 2.74. The molecule has 0 saturated heterocycles. The van der Waals surface area contributed by atoms with Crippen molar-refractivity contribution in [2.45, 2.75) is 37.3 Å². The van der Waals surface area contributed by atoms with Crippen LogP contribution in [0, 0.1) is 0 Å². The molecule has 0 spiro atoms. The summed E-state index contributed by atoms with van der Waals surface area (Å²) in [6, 6.07) is 2.00. The fourth-order valence-electron chi connectivity index (χ4n) is 2.44. The van der Waals surface area contributed by atoms with Crippen molar-refractivity contribution in [1.82, 2.24) is 0 Å². The van der Waals surface area contributed by atoms with Crippen LogP contribution in [-0.2, 0) is 18.5 Å². The first-order valence-electron chi connectivity index (χ1n) is 5.62. The van der Waals surface area contributed by atoms with Crippen LogP contribution in [0.4, 0.5) is 30.7 Å². The fraction of sp³-hybridized carbons (Fsp3) is 0.500. The lowest BCUT2D eigenvalue weighted by atomic mass is 9.88. The zero-order valence-corrected chi connectivity index (χ0v) is 11.4. The summed E-state index contributed by atoms with van der Waals surface area (Å²) >= 11 is 2.84. The van der Waals surface area contributed by atoms with E-state index in [9.17, 15) is 30.7 Å². The third-order valence-electron chi connectivity index (χ3n) is 3.33. The van der Waals surface area contributed by atoms with Crippen LogP contribution in [0.5, 0.6) is 0 Å². The zero-order valence-electron chi connectivity index (χ0n) is 9.80. The normalized spacial score (nSPS) is 16.4. The monoisotopic (exact) mass is 364 g/mol. The summed E-state index contributed by atoms with van der Waals surface area (Å²) in [5.41, 5.74) is -6.56. The Morgan fingerprint density at radius 1 is 0.850 bits per heavy atom. The van der Waals surface area contributed by atoms with E-state index in [-0.39, 0.29) is 16.5 Å². The number of alkyl halides is 7. The Bertz CT molecular complexity index is 516. The van der Waals surface area contributed by atoms with Crippen LogP contribution in [-0.4, -0.2) is 12.4 Å². The molecule has 0 heterocycles. The molecule has 0 nitrogen and oxygen atoms in total. The van der Waals surface area contributed by atoms with Gasteiger partial charge in [0.2, 0.25) is 0 Å². The van der Waals surface area contributed by atoms with Crippen LogP contribution < -0.4 is 0 Å². The second kappa shape index (κ2) is 4.61. The van der Waals surface area contributed by atoms with Crippen LogP contribution in [0.2, 0.25) is 0 Å². The van der Waals surface area contributed by atoms with Crippen molar-refractivity contribution in [3.63, 3.8) is 0 Å². The van der Waals surface area contributed by atoms with Gasteiger partial charge in [-0.25, -0.2) is 4.39 Å². The van der Waals surface area contributed by atoms with Crippen molar-refractivity contribution >= 4 is 15.9 Å². The molecule has 0 fully saturated rings. The highest BCUT2D eigenvalue weighted by atomic mass is 79.9. The van der Waals surface area contributed by atoms with Gasteiger partial charge in [0.25, 0.3) is 0 Å². The lowest BCUT2D eigenvalue weighted by Crippen LogP contribution is -2.51. The van der Waals surface area contributed by atoms with Crippen LogP contribution >= 0.6 is 15.9 Å². The minimum absolute atomic E-state index is 0.00340. The molecule has 20 heavy (non-hydrogen) atoms. The van der Waals surface area contributed by atoms with E-state index < -0.39 is 23.6 Å². The van der Waals surface area contributed by atoms with Crippen LogP contribution in [0.25, 0.3) is 0 Å². The zero-order chi connectivity index (χ0) is 15.3. The summed E-state index contributed by atoms with van der Waals surface area (Å²) in [7, 11) is 0. The third kappa shape index (κ3) is 2.21. The molecule has 0 saturated carbocycles. The smallest absolute Gasteiger partial charge is 0.218 e. The Morgan fingerprint density at radius 2 is 1.40 bits per heavy atom. The largest absolute Gasteiger partial charge is 0.435 e. The molecule has 1 aliphatic carbocycles. The number of fused-ring (bicyclic) bond motifs is 1. The summed E-state index contributed by atoms with van der Waals surface area (Å²) in [5.74, 6) is 0. The first-order valence-corrected chi connectivity index (χ1v) is 6.42. The molecule has 2 rings (SSSR count). The third-order valence-corrected chi connectivity index (χ3v) is 3.79. The van der Waals surface area contributed by atoms with E-state index in [1.165, 1.54) is 6.07 Å². The number of hydrogen-bond donors (Lipinski definition) is 0.